The maximum atomic E-state index is 12.8. The number of pyridine rings is 4. The molecule has 2 aromatic carbocycles. The summed E-state index contributed by atoms with van der Waals surface area (Å²) in [6.45, 7) is 17.7. The molecule has 0 saturated carbocycles. The number of benzene rings is 2. The van der Waals surface area contributed by atoms with Gasteiger partial charge in [0.2, 0.25) is 11.8 Å². The van der Waals surface area contributed by atoms with Crippen LogP contribution in [0.5, 0.6) is 0 Å². The highest BCUT2D eigenvalue weighted by molar-refractivity contribution is 5.76. The van der Waals surface area contributed by atoms with Gasteiger partial charge < -0.3 is 19.8 Å². The monoisotopic (exact) mass is 1240 g/mol. The average molecular weight is 1240 g/mol. The molecule has 0 spiro atoms. The lowest BCUT2D eigenvalue weighted by atomic mass is 9.75. The highest BCUT2D eigenvalue weighted by atomic mass is 16.2. The van der Waals surface area contributed by atoms with Gasteiger partial charge in [-0.15, -0.1) is 0 Å². The van der Waals surface area contributed by atoms with Gasteiger partial charge in [-0.3, -0.25) is 14.6 Å². The van der Waals surface area contributed by atoms with Crippen LogP contribution in [-0.2, 0) is 42.3 Å². The number of rotatable bonds is 44. The van der Waals surface area contributed by atoms with Crippen molar-refractivity contribution in [2.24, 2.45) is 0 Å². The quantitative estimate of drug-likeness (QED) is 0.0291. The number of aromatic nitrogens is 8. The third-order valence-corrected chi connectivity index (χ3v) is 18.9. The van der Waals surface area contributed by atoms with Gasteiger partial charge in [0, 0.05) is 143 Å². The molecule has 2 N–H and O–H groups in total. The number of nitrogens with zero attached hydrogens (tertiary/aromatic N) is 8. The maximum absolute atomic E-state index is 12.8. The molecule has 8 rings (SSSR count). The van der Waals surface area contributed by atoms with Crippen molar-refractivity contribution < 1.29 is 23.3 Å². The zero-order valence-electron chi connectivity index (χ0n) is 56.8. The van der Waals surface area contributed by atoms with Crippen molar-refractivity contribution in [3.05, 3.63) is 205 Å². The summed E-state index contributed by atoms with van der Waals surface area (Å²) in [7, 11) is 0. The predicted molar refractivity (Wildman–Crippen MR) is 374 cm³/mol. The SMILES string of the molecule is CCCCCC[n+]1ccc(C(C)CC(CC(CC(CC)c2cc[n+](CCCCCC(=O)NCCCCCCn3ccnc3-c3cccc(C)c3)cc2)c2cc[n+](CCCCCC(=O)NCCCCCCn3ccnc3-c3cccc(C)c3)cc2)c2ccncc2)cc1. The fourth-order valence-electron chi connectivity index (χ4n) is 13.3. The molecule has 0 saturated heterocycles. The molecule has 0 aliphatic heterocycles. The molecule has 6 aromatic heterocycles. The molecule has 0 aliphatic rings. The summed E-state index contributed by atoms with van der Waals surface area (Å²) in [5, 5.41) is 6.36. The molecule has 0 aliphatic carbocycles. The lowest BCUT2D eigenvalue weighted by Crippen LogP contribution is -2.33. The Hall–Kier alpha value is -7.60. The van der Waals surface area contributed by atoms with Crippen LogP contribution in [0.2, 0.25) is 0 Å². The van der Waals surface area contributed by atoms with Crippen LogP contribution < -0.4 is 24.3 Å². The van der Waals surface area contributed by atoms with E-state index in [2.05, 4.69) is 230 Å². The largest absolute Gasteiger partial charge is 0.356 e. The van der Waals surface area contributed by atoms with Crippen molar-refractivity contribution in [1.29, 1.82) is 0 Å². The number of carbonyl (C=O) groups excluding carboxylic acids is 2. The normalized spacial score (nSPS) is 12.8. The van der Waals surface area contributed by atoms with E-state index in [-0.39, 0.29) is 11.8 Å². The molecule has 0 fully saturated rings. The Balaban J connectivity index is 0.782. The second-order valence-corrected chi connectivity index (χ2v) is 26.3. The molecule has 0 radical (unpaired) electrons. The van der Waals surface area contributed by atoms with Crippen LogP contribution in [0.4, 0.5) is 0 Å². The van der Waals surface area contributed by atoms with Crippen molar-refractivity contribution in [1.82, 2.24) is 34.7 Å². The minimum Gasteiger partial charge on any atom is -0.356 e. The van der Waals surface area contributed by atoms with Crippen LogP contribution in [0.25, 0.3) is 22.8 Å². The first kappa shape index (κ1) is 70.3. The van der Waals surface area contributed by atoms with Gasteiger partial charge in [0.15, 0.2) is 37.2 Å². The van der Waals surface area contributed by atoms with Crippen LogP contribution >= 0.6 is 0 Å². The lowest BCUT2D eigenvalue weighted by molar-refractivity contribution is -0.697. The van der Waals surface area contributed by atoms with Crippen molar-refractivity contribution in [3.63, 3.8) is 0 Å². The van der Waals surface area contributed by atoms with Crippen LogP contribution in [0.1, 0.15) is 232 Å². The second kappa shape index (κ2) is 39.7. The first-order valence-electron chi connectivity index (χ1n) is 35.7. The van der Waals surface area contributed by atoms with Crippen molar-refractivity contribution in [2.75, 3.05) is 13.1 Å². The standard InChI is InChI=1S/C80H109N10O2/c1-6-8-9-20-47-86-52-35-69(36-53-86)67(5)62-75(70-33-43-81-44-34-70)64-76(72-39-56-88(57-40-72)49-22-15-17-32-78(92)83-42-19-11-13-24-51-90-59-46-85-80(90)74-30-26-28-66(4)61-74)63-68(7-2)71-37-54-87(55-38-71)48-21-14-16-31-77(91)82-41-18-10-12-23-50-89-58-45-84-79(89)73-29-25-27-65(3)60-73/h25-30,33-40,43-46,52-61,67-68,75-76H,6-24,31-32,41-42,47-51,62-64H2,1-5H3/q+1/p+2. The summed E-state index contributed by atoms with van der Waals surface area (Å²) in [6, 6.07) is 35.8. The summed E-state index contributed by atoms with van der Waals surface area (Å²) >= 11 is 0. The fraction of sp³-hybridized carbons (Fsp3) is 0.500. The first-order valence-corrected chi connectivity index (χ1v) is 35.7. The molecular formula is C80H111N10O2+3. The molecule has 92 heavy (non-hydrogen) atoms. The van der Waals surface area contributed by atoms with E-state index in [0.29, 0.717) is 36.5 Å². The highest BCUT2D eigenvalue weighted by Crippen LogP contribution is 2.42. The smallest absolute Gasteiger partial charge is 0.219 e. The van der Waals surface area contributed by atoms with E-state index in [1.54, 1.807) is 0 Å². The third kappa shape index (κ3) is 24.1. The van der Waals surface area contributed by atoms with E-state index in [4.69, 9.17) is 0 Å². The molecule has 8 aromatic rings. The number of aryl methyl sites for hydroxylation is 7. The Morgan fingerprint density at radius 2 is 0.859 bits per heavy atom. The minimum absolute atomic E-state index is 0.174. The Kier molecular flexibility index (Phi) is 30.3. The number of hydrogen-bond donors (Lipinski definition) is 2. The summed E-state index contributed by atoms with van der Waals surface area (Å²) in [5.74, 6) is 3.93. The van der Waals surface area contributed by atoms with Gasteiger partial charge in [-0.25, -0.2) is 23.7 Å². The third-order valence-electron chi connectivity index (χ3n) is 18.9. The highest BCUT2D eigenvalue weighted by Gasteiger charge is 2.27. The number of unbranched alkanes of at least 4 members (excludes halogenated alkanes) is 13. The van der Waals surface area contributed by atoms with E-state index in [1.807, 2.05) is 24.8 Å². The Bertz CT molecular complexity index is 3340. The number of nitrogens with one attached hydrogen (secondary N) is 2. The number of imidazole rings is 2. The number of hydrogen-bond acceptors (Lipinski definition) is 5. The molecule has 4 atom stereocenters. The van der Waals surface area contributed by atoms with E-state index in [9.17, 15) is 9.59 Å². The van der Waals surface area contributed by atoms with Gasteiger partial charge in [0.05, 0.1) is 0 Å². The van der Waals surface area contributed by atoms with Crippen LogP contribution in [0, 0.1) is 13.8 Å². The minimum atomic E-state index is 0.174. The van der Waals surface area contributed by atoms with Crippen LogP contribution in [0.3, 0.4) is 0 Å². The molecule has 12 heteroatoms. The fourth-order valence-corrected chi connectivity index (χ4v) is 13.3. The lowest BCUT2D eigenvalue weighted by Gasteiger charge is -2.29. The summed E-state index contributed by atoms with van der Waals surface area (Å²) in [4.78, 5) is 39.3. The molecule has 4 unspecified atom stereocenters. The Morgan fingerprint density at radius 3 is 1.33 bits per heavy atom. The zero-order valence-corrected chi connectivity index (χ0v) is 56.8. The average Bonchev–Trinajstić information content (AvgIpc) is 1.63. The molecule has 6 heterocycles. The van der Waals surface area contributed by atoms with Crippen molar-refractivity contribution >= 4 is 11.8 Å². The van der Waals surface area contributed by atoms with E-state index in [0.717, 1.165) is 173 Å². The summed E-state index contributed by atoms with van der Waals surface area (Å²) < 4.78 is 11.5. The Morgan fingerprint density at radius 1 is 0.446 bits per heavy atom. The molecule has 0 bridgehead atoms. The van der Waals surface area contributed by atoms with Gasteiger partial charge in [-0.1, -0.05) is 107 Å². The van der Waals surface area contributed by atoms with Crippen molar-refractivity contribution in [2.45, 2.75) is 245 Å². The molecule has 490 valence electrons. The van der Waals surface area contributed by atoms with Gasteiger partial charge in [0.25, 0.3) is 0 Å². The van der Waals surface area contributed by atoms with Crippen molar-refractivity contribution in [3.8, 4) is 22.8 Å². The van der Waals surface area contributed by atoms with Gasteiger partial charge in [-0.2, -0.15) is 0 Å². The zero-order chi connectivity index (χ0) is 64.4. The number of amides is 2. The predicted octanol–water partition coefficient (Wildman–Crippen LogP) is 16.8. The topological polar surface area (TPSA) is 118 Å². The van der Waals surface area contributed by atoms with Crippen LogP contribution in [0.15, 0.2) is 171 Å². The van der Waals surface area contributed by atoms with Gasteiger partial charge in [-0.05, 0) is 168 Å². The maximum Gasteiger partial charge on any atom is 0.219 e. The van der Waals surface area contributed by atoms with E-state index < -0.39 is 0 Å². The second-order valence-electron chi connectivity index (χ2n) is 26.3. The molecular weight excluding hydrogens is 1130 g/mol. The molecule has 12 nitrogen and oxygen atoms in total. The van der Waals surface area contributed by atoms with E-state index >= 15 is 0 Å². The van der Waals surface area contributed by atoms with Crippen LogP contribution in [-0.4, -0.2) is 49.0 Å². The number of carbonyl (C=O) groups is 2. The van der Waals surface area contributed by atoms with Gasteiger partial charge in [0.1, 0.15) is 31.3 Å². The van der Waals surface area contributed by atoms with E-state index in [1.165, 1.54) is 70.2 Å². The summed E-state index contributed by atoms with van der Waals surface area (Å²) in [5.41, 5.74) is 10.4. The first-order chi connectivity index (χ1) is 45.1. The molecule has 2 amide bonds. The Labute approximate surface area is 552 Å². The summed E-state index contributed by atoms with van der Waals surface area (Å²) in [6.07, 6.45) is 50.8. The van der Waals surface area contributed by atoms with Gasteiger partial charge >= 0.3 is 0 Å².